The summed E-state index contributed by atoms with van der Waals surface area (Å²) < 4.78 is 24.7. The minimum atomic E-state index is -0.852. The molecule has 10 atom stereocenters. The van der Waals surface area contributed by atoms with E-state index < -0.39 is 44.9 Å². The van der Waals surface area contributed by atoms with Crippen LogP contribution >= 0.6 is 17.0 Å². The van der Waals surface area contributed by atoms with Gasteiger partial charge in [-0.15, -0.1) is 0 Å². The van der Waals surface area contributed by atoms with Crippen molar-refractivity contribution in [3.05, 3.63) is 71.8 Å². The summed E-state index contributed by atoms with van der Waals surface area (Å²) in [5, 5.41) is 23.1. The van der Waals surface area contributed by atoms with Gasteiger partial charge in [-0.1, -0.05) is 115 Å². The van der Waals surface area contributed by atoms with Crippen LogP contribution in [-0.4, -0.2) is 59.8 Å². The standard InChI is InChI=1S/C44H64O8.2ClH.Zr/c1-43(2,3)33-21-31(39(45)35(23-33)41(47)51-25-29-15-9-7-10-16-29)27-49-37-19-13-14-20-38(37)50-28-32-22-34(44(4,5)6)24-36(40(32)46)42(48)52-26-30-17-11-8-12-18-30;;;/h7-12,15-18,31-40,45-46H,13-14,19-28H2,1-6H3;2*1H;/q;;;+2/p-2. The molecule has 10 unspecified atom stereocenters. The average molecular weight is 883 g/mol. The van der Waals surface area contributed by atoms with Crippen molar-refractivity contribution in [1.82, 2.24) is 0 Å². The summed E-state index contributed by atoms with van der Waals surface area (Å²) in [5.41, 5.74) is 1.77. The van der Waals surface area contributed by atoms with Crippen LogP contribution in [0.1, 0.15) is 104 Å². The molecule has 3 fully saturated rings. The van der Waals surface area contributed by atoms with E-state index in [1.54, 1.807) is 0 Å². The van der Waals surface area contributed by atoms with Crippen molar-refractivity contribution in [2.24, 2.45) is 46.3 Å². The number of rotatable bonds is 12. The molecule has 0 bridgehead atoms. The maximum absolute atomic E-state index is 13.4. The van der Waals surface area contributed by atoms with Gasteiger partial charge in [0.15, 0.2) is 0 Å². The third-order valence-electron chi connectivity index (χ3n) is 12.2. The summed E-state index contributed by atoms with van der Waals surface area (Å²) in [6.45, 7) is 14.2. The molecule has 3 saturated carbocycles. The topological polar surface area (TPSA) is 112 Å². The van der Waals surface area contributed by atoms with E-state index in [2.05, 4.69) is 41.5 Å². The molecule has 3 aliphatic carbocycles. The Hall–Kier alpha value is -1.32. The first-order valence-corrected chi connectivity index (χ1v) is 26.4. The van der Waals surface area contributed by atoms with Gasteiger partial charge in [-0.25, -0.2) is 0 Å². The third-order valence-corrected chi connectivity index (χ3v) is 12.2. The van der Waals surface area contributed by atoms with E-state index in [9.17, 15) is 19.8 Å². The number of halogens is 2. The second-order valence-electron chi connectivity index (χ2n) is 18.1. The molecule has 0 aromatic heterocycles. The van der Waals surface area contributed by atoms with Crippen molar-refractivity contribution < 1.29 is 59.6 Å². The van der Waals surface area contributed by atoms with Crippen molar-refractivity contribution >= 4 is 29.0 Å². The number of aliphatic hydroxyl groups is 2. The van der Waals surface area contributed by atoms with Crippen LogP contribution < -0.4 is 0 Å². The monoisotopic (exact) mass is 880 g/mol. The average Bonchev–Trinajstić information content (AvgIpc) is 3.15. The van der Waals surface area contributed by atoms with Gasteiger partial charge in [-0.3, -0.25) is 9.59 Å². The quantitative estimate of drug-likeness (QED) is 0.203. The van der Waals surface area contributed by atoms with Crippen LogP contribution in [0.15, 0.2) is 60.7 Å². The summed E-state index contributed by atoms with van der Waals surface area (Å²) in [5.74, 6) is -1.86. The Bertz CT molecular complexity index is 1330. The second-order valence-corrected chi connectivity index (χ2v) is 21.8. The molecule has 5 rings (SSSR count). The van der Waals surface area contributed by atoms with Gasteiger partial charge in [-0.2, -0.15) is 0 Å². The fraction of sp³-hybridized carbons (Fsp3) is 0.682. The molecule has 0 radical (unpaired) electrons. The zero-order valence-electron chi connectivity index (χ0n) is 33.6. The van der Waals surface area contributed by atoms with Gasteiger partial charge in [0, 0.05) is 11.8 Å². The fourth-order valence-corrected chi connectivity index (χ4v) is 8.58. The van der Waals surface area contributed by atoms with Gasteiger partial charge in [0.25, 0.3) is 0 Å². The molecule has 0 heterocycles. The van der Waals surface area contributed by atoms with Gasteiger partial charge in [0.2, 0.25) is 0 Å². The van der Waals surface area contributed by atoms with Crippen molar-refractivity contribution in [3.63, 3.8) is 0 Å². The summed E-state index contributed by atoms with van der Waals surface area (Å²) in [7, 11) is 9.87. The van der Waals surface area contributed by atoms with Crippen LogP contribution in [0.2, 0.25) is 0 Å². The first-order valence-electron chi connectivity index (χ1n) is 20.1. The van der Waals surface area contributed by atoms with Crippen LogP contribution in [-0.2, 0) is 62.6 Å². The SMILES string of the molecule is CC(C)(C)C1CC(COC2CCCCC2OCC2CC(C(C)(C)C)CC(C(=O)OCc3ccccc3)C2O)C(O)C(C(=O)OCc2ccccc2)C1.[Cl][Zr][Cl]. The van der Waals surface area contributed by atoms with E-state index >= 15 is 0 Å². The van der Waals surface area contributed by atoms with Gasteiger partial charge in [0.05, 0.1) is 49.5 Å². The normalized spacial score (nSPS) is 30.0. The molecular weight excluding hydrogens is 819 g/mol. The summed E-state index contributed by atoms with van der Waals surface area (Å²) in [6.07, 6.45) is 4.49. The molecule has 55 heavy (non-hydrogen) atoms. The van der Waals surface area contributed by atoms with Crippen LogP contribution in [0.25, 0.3) is 0 Å². The predicted octanol–water partition coefficient (Wildman–Crippen LogP) is 9.29. The number of carbonyl (C=O) groups excluding carboxylic acids is 2. The molecule has 2 aromatic rings. The minimum absolute atomic E-state index is 0.0373. The Morgan fingerprint density at radius 2 is 0.982 bits per heavy atom. The number of benzene rings is 2. The summed E-state index contributed by atoms with van der Waals surface area (Å²) in [4.78, 5) is 26.8. The number of esters is 2. The maximum atomic E-state index is 13.4. The predicted molar refractivity (Wildman–Crippen MR) is 212 cm³/mol. The number of aliphatic hydroxyl groups excluding tert-OH is 2. The molecule has 0 aliphatic heterocycles. The molecule has 11 heteroatoms. The van der Waals surface area contributed by atoms with Crippen molar-refractivity contribution in [3.8, 4) is 0 Å². The third kappa shape index (κ3) is 14.2. The van der Waals surface area contributed by atoms with E-state index in [0.717, 1.165) is 49.7 Å². The van der Waals surface area contributed by atoms with Gasteiger partial charge in [0.1, 0.15) is 13.2 Å². The molecule has 2 N–H and O–H groups in total. The Labute approximate surface area is 348 Å². The summed E-state index contributed by atoms with van der Waals surface area (Å²) >= 11 is -0.826. The van der Waals surface area contributed by atoms with Crippen LogP contribution in [0.3, 0.4) is 0 Å². The van der Waals surface area contributed by atoms with Crippen molar-refractivity contribution in [2.75, 3.05) is 13.2 Å². The molecular formula is C44H64Cl2O8Zr. The second kappa shape index (κ2) is 22.2. The first-order chi connectivity index (χ1) is 26.1. The molecule has 306 valence electrons. The Balaban J connectivity index is 0.00000217. The van der Waals surface area contributed by atoms with Gasteiger partial charge >= 0.3 is 49.8 Å². The van der Waals surface area contributed by atoms with E-state index in [1.165, 1.54) is 0 Å². The van der Waals surface area contributed by atoms with Crippen molar-refractivity contribution in [1.29, 1.82) is 0 Å². The van der Waals surface area contributed by atoms with Crippen LogP contribution in [0.4, 0.5) is 0 Å². The Morgan fingerprint density at radius 1 is 0.636 bits per heavy atom. The Morgan fingerprint density at radius 3 is 1.31 bits per heavy atom. The van der Waals surface area contributed by atoms with Gasteiger partial charge < -0.3 is 29.2 Å². The molecule has 0 saturated heterocycles. The van der Waals surface area contributed by atoms with Crippen molar-refractivity contribution in [2.45, 2.75) is 131 Å². The summed E-state index contributed by atoms with van der Waals surface area (Å²) in [6, 6.07) is 19.3. The van der Waals surface area contributed by atoms with E-state index in [-0.39, 0.29) is 71.9 Å². The van der Waals surface area contributed by atoms with Gasteiger partial charge in [-0.05, 0) is 72.3 Å². The molecule has 3 aliphatic rings. The number of hydrogen-bond donors (Lipinski definition) is 2. The number of ether oxygens (including phenoxy) is 4. The first kappa shape index (κ1) is 46.4. The molecule has 8 nitrogen and oxygen atoms in total. The zero-order valence-corrected chi connectivity index (χ0v) is 37.6. The fourth-order valence-electron chi connectivity index (χ4n) is 8.58. The van der Waals surface area contributed by atoms with Crippen LogP contribution in [0, 0.1) is 46.3 Å². The number of carbonyl (C=O) groups is 2. The zero-order chi connectivity index (χ0) is 40.2. The van der Waals surface area contributed by atoms with E-state index in [0.29, 0.717) is 26.1 Å². The van der Waals surface area contributed by atoms with E-state index in [1.807, 2.05) is 60.7 Å². The Kier molecular flexibility index (Phi) is 18.7. The van der Waals surface area contributed by atoms with E-state index in [4.69, 9.17) is 36.0 Å². The van der Waals surface area contributed by atoms with Crippen LogP contribution in [0.5, 0.6) is 0 Å². The number of hydrogen-bond acceptors (Lipinski definition) is 8. The molecule has 0 amide bonds. The molecule has 0 spiro atoms. The molecule has 2 aromatic carbocycles.